The number of carbonyl (C=O) groups excluding carboxylic acids is 2. The molecule has 1 saturated heterocycles. The molecule has 0 aliphatic carbocycles. The number of amides is 1. The molecule has 8 heteroatoms. The molecule has 8 nitrogen and oxygen atoms in total. The van der Waals surface area contributed by atoms with Crippen molar-refractivity contribution in [3.63, 3.8) is 0 Å². The predicted octanol–water partition coefficient (Wildman–Crippen LogP) is 1.59. The van der Waals surface area contributed by atoms with E-state index < -0.39 is 10.9 Å². The van der Waals surface area contributed by atoms with E-state index in [4.69, 9.17) is 10.5 Å². The minimum absolute atomic E-state index is 0.00860. The van der Waals surface area contributed by atoms with E-state index >= 15 is 0 Å². The summed E-state index contributed by atoms with van der Waals surface area (Å²) >= 11 is 0. The zero-order valence-corrected chi connectivity index (χ0v) is 12.9. The predicted molar refractivity (Wildman–Crippen MR) is 82.8 cm³/mol. The quantitative estimate of drug-likeness (QED) is 0.389. The van der Waals surface area contributed by atoms with Gasteiger partial charge in [-0.15, -0.1) is 0 Å². The van der Waals surface area contributed by atoms with Crippen LogP contribution in [0, 0.1) is 16.0 Å². The van der Waals surface area contributed by atoms with E-state index in [0.29, 0.717) is 19.0 Å². The van der Waals surface area contributed by atoms with Gasteiger partial charge in [0, 0.05) is 19.2 Å². The third-order valence-corrected chi connectivity index (χ3v) is 3.80. The molecule has 1 aliphatic rings. The van der Waals surface area contributed by atoms with Crippen LogP contribution in [0.3, 0.4) is 0 Å². The molecular weight excluding hydrogens is 302 g/mol. The summed E-state index contributed by atoms with van der Waals surface area (Å²) in [6, 6.07) is 3.64. The van der Waals surface area contributed by atoms with Crippen molar-refractivity contribution in [1.29, 1.82) is 0 Å². The maximum absolute atomic E-state index is 12.0. The molecule has 2 N–H and O–H groups in total. The van der Waals surface area contributed by atoms with E-state index in [1.165, 1.54) is 12.1 Å². The van der Waals surface area contributed by atoms with Crippen LogP contribution >= 0.6 is 0 Å². The first kappa shape index (κ1) is 16.7. The van der Waals surface area contributed by atoms with Crippen molar-refractivity contribution in [1.82, 2.24) is 4.90 Å². The summed E-state index contributed by atoms with van der Waals surface area (Å²) in [5, 5.41) is 10.8. The maximum Gasteiger partial charge on any atom is 0.338 e. The van der Waals surface area contributed by atoms with Crippen molar-refractivity contribution in [3.05, 3.63) is 33.9 Å². The van der Waals surface area contributed by atoms with Crippen LogP contribution in [0.1, 0.15) is 30.1 Å². The minimum atomic E-state index is -0.786. The molecule has 1 aliphatic heterocycles. The summed E-state index contributed by atoms with van der Waals surface area (Å²) in [6.45, 7) is 3.01. The molecule has 0 bridgehead atoms. The van der Waals surface area contributed by atoms with Crippen molar-refractivity contribution >= 4 is 23.3 Å². The lowest BCUT2D eigenvalue weighted by Crippen LogP contribution is -2.41. The van der Waals surface area contributed by atoms with Gasteiger partial charge in [0.2, 0.25) is 0 Å². The number of nitro groups is 1. The molecular formula is C15H19N3O5. The first-order valence-electron chi connectivity index (χ1n) is 7.37. The molecule has 1 fully saturated rings. The number of hydrogen-bond acceptors (Lipinski definition) is 6. The van der Waals surface area contributed by atoms with Crippen LogP contribution in [-0.2, 0) is 9.53 Å². The Labute approximate surface area is 133 Å². The van der Waals surface area contributed by atoms with Gasteiger partial charge < -0.3 is 15.4 Å². The number of nitrogens with zero attached hydrogens (tertiary/aromatic N) is 2. The van der Waals surface area contributed by atoms with E-state index in [9.17, 15) is 19.7 Å². The highest BCUT2D eigenvalue weighted by molar-refractivity contribution is 5.92. The van der Waals surface area contributed by atoms with E-state index in [1.807, 2.05) is 0 Å². The Bertz CT molecular complexity index is 632. The van der Waals surface area contributed by atoms with Crippen molar-refractivity contribution in [2.75, 3.05) is 25.4 Å². The number of esters is 1. The lowest BCUT2D eigenvalue weighted by Gasteiger charge is -2.30. The number of nitro benzene ring substituents is 1. The van der Waals surface area contributed by atoms with E-state index in [2.05, 4.69) is 6.92 Å². The number of nitrogen functional groups attached to an aromatic ring is 1. The number of nitrogens with two attached hydrogens (primary N) is 1. The Morgan fingerprint density at radius 2 is 2.22 bits per heavy atom. The zero-order chi connectivity index (χ0) is 17.0. The first-order valence-corrected chi connectivity index (χ1v) is 7.37. The van der Waals surface area contributed by atoms with Crippen LogP contribution < -0.4 is 5.73 Å². The Balaban J connectivity index is 1.95. The Hall–Kier alpha value is -2.64. The number of anilines is 1. The summed E-state index contributed by atoms with van der Waals surface area (Å²) in [7, 11) is 0. The van der Waals surface area contributed by atoms with Gasteiger partial charge in [-0.25, -0.2) is 4.79 Å². The second-order valence-electron chi connectivity index (χ2n) is 5.69. The molecule has 0 aromatic heterocycles. The Kier molecular flexibility index (Phi) is 5.15. The van der Waals surface area contributed by atoms with Gasteiger partial charge in [-0.1, -0.05) is 6.92 Å². The Morgan fingerprint density at radius 3 is 2.87 bits per heavy atom. The van der Waals surface area contributed by atoms with Crippen LogP contribution in [0.15, 0.2) is 18.2 Å². The molecule has 1 unspecified atom stereocenters. The number of hydrogen-bond donors (Lipinski definition) is 1. The largest absolute Gasteiger partial charge is 0.452 e. The number of piperidine rings is 1. The lowest BCUT2D eigenvalue weighted by atomic mass is 10.0. The molecule has 0 radical (unpaired) electrons. The molecule has 0 spiro atoms. The van der Waals surface area contributed by atoms with Gasteiger partial charge in [0.15, 0.2) is 6.61 Å². The maximum atomic E-state index is 12.0. The molecule has 0 saturated carbocycles. The second-order valence-corrected chi connectivity index (χ2v) is 5.69. The summed E-state index contributed by atoms with van der Waals surface area (Å²) in [5.74, 6) is -0.607. The van der Waals surface area contributed by atoms with Gasteiger partial charge in [-0.05, 0) is 30.9 Å². The SMILES string of the molecule is CC1CCCN(C(=O)COC(=O)c2ccc(N)c([N+](=O)[O-])c2)C1. The average Bonchev–Trinajstić information content (AvgIpc) is 2.52. The van der Waals surface area contributed by atoms with Gasteiger partial charge >= 0.3 is 5.97 Å². The molecule has 1 heterocycles. The number of benzene rings is 1. The number of rotatable bonds is 4. The van der Waals surface area contributed by atoms with E-state index in [0.717, 1.165) is 18.9 Å². The fourth-order valence-electron chi connectivity index (χ4n) is 2.55. The molecule has 124 valence electrons. The highest BCUT2D eigenvalue weighted by Gasteiger charge is 2.23. The van der Waals surface area contributed by atoms with Crippen LogP contribution in [0.2, 0.25) is 0 Å². The monoisotopic (exact) mass is 321 g/mol. The third-order valence-electron chi connectivity index (χ3n) is 3.80. The van der Waals surface area contributed by atoms with Crippen LogP contribution in [0.25, 0.3) is 0 Å². The Morgan fingerprint density at radius 1 is 1.48 bits per heavy atom. The van der Waals surface area contributed by atoms with Gasteiger partial charge in [-0.2, -0.15) is 0 Å². The first-order chi connectivity index (χ1) is 10.9. The third kappa shape index (κ3) is 4.18. The van der Waals surface area contributed by atoms with Crippen LogP contribution in [0.5, 0.6) is 0 Å². The minimum Gasteiger partial charge on any atom is -0.452 e. The van der Waals surface area contributed by atoms with E-state index in [-0.39, 0.29) is 29.5 Å². The molecule has 1 aromatic carbocycles. The van der Waals surface area contributed by atoms with Gasteiger partial charge in [0.25, 0.3) is 11.6 Å². The van der Waals surface area contributed by atoms with Crippen LogP contribution in [0.4, 0.5) is 11.4 Å². The highest BCUT2D eigenvalue weighted by Crippen LogP contribution is 2.22. The normalized spacial score (nSPS) is 17.6. The van der Waals surface area contributed by atoms with Crippen molar-refractivity contribution < 1.29 is 19.2 Å². The molecule has 1 atom stereocenters. The topological polar surface area (TPSA) is 116 Å². The summed E-state index contributed by atoms with van der Waals surface area (Å²) in [4.78, 5) is 35.8. The average molecular weight is 321 g/mol. The standard InChI is InChI=1S/C15H19N3O5/c1-10-3-2-6-17(8-10)14(19)9-23-15(20)11-4-5-12(16)13(7-11)18(21)22/h4-5,7,10H,2-3,6,8-9,16H2,1H3. The smallest absolute Gasteiger partial charge is 0.338 e. The lowest BCUT2D eigenvalue weighted by molar-refractivity contribution is -0.383. The number of likely N-dealkylation sites (tertiary alicyclic amines) is 1. The molecule has 2 rings (SSSR count). The van der Waals surface area contributed by atoms with Gasteiger partial charge in [-0.3, -0.25) is 14.9 Å². The van der Waals surface area contributed by atoms with Crippen LogP contribution in [-0.4, -0.2) is 41.4 Å². The summed E-state index contributed by atoms with van der Waals surface area (Å²) in [5.41, 5.74) is 5.06. The van der Waals surface area contributed by atoms with Crippen molar-refractivity contribution in [2.45, 2.75) is 19.8 Å². The van der Waals surface area contributed by atoms with Gasteiger partial charge in [0.1, 0.15) is 5.69 Å². The van der Waals surface area contributed by atoms with E-state index in [1.54, 1.807) is 4.90 Å². The summed E-state index contributed by atoms with van der Waals surface area (Å²) in [6.07, 6.45) is 2.02. The molecule has 1 aromatic rings. The van der Waals surface area contributed by atoms with Crippen molar-refractivity contribution in [3.8, 4) is 0 Å². The van der Waals surface area contributed by atoms with Crippen molar-refractivity contribution in [2.24, 2.45) is 5.92 Å². The fourth-order valence-corrected chi connectivity index (χ4v) is 2.55. The zero-order valence-electron chi connectivity index (χ0n) is 12.9. The molecule has 23 heavy (non-hydrogen) atoms. The molecule has 1 amide bonds. The van der Waals surface area contributed by atoms with Gasteiger partial charge in [0.05, 0.1) is 10.5 Å². The second kappa shape index (κ2) is 7.08. The summed E-state index contributed by atoms with van der Waals surface area (Å²) < 4.78 is 4.96. The number of ether oxygens (including phenoxy) is 1. The fraction of sp³-hybridized carbons (Fsp3) is 0.467. The number of carbonyl (C=O) groups is 2. The highest BCUT2D eigenvalue weighted by atomic mass is 16.6.